The van der Waals surface area contributed by atoms with Crippen LogP contribution in [-0.2, 0) is 0 Å². The van der Waals surface area contributed by atoms with Crippen LogP contribution in [-0.4, -0.2) is 12.5 Å². The number of halogens is 2. The van der Waals surface area contributed by atoms with Crippen molar-refractivity contribution in [1.29, 1.82) is 0 Å². The fourth-order valence-corrected chi connectivity index (χ4v) is 2.57. The van der Waals surface area contributed by atoms with E-state index in [1.165, 1.54) is 0 Å². The van der Waals surface area contributed by atoms with Crippen LogP contribution in [0.5, 0.6) is 0 Å². The van der Waals surface area contributed by atoms with Gasteiger partial charge in [-0.25, -0.2) is 0 Å². The van der Waals surface area contributed by atoms with Gasteiger partial charge in [-0.15, -0.1) is 0 Å². The van der Waals surface area contributed by atoms with Crippen molar-refractivity contribution in [1.82, 2.24) is 5.32 Å². The summed E-state index contributed by atoms with van der Waals surface area (Å²) in [6, 6.07) is 13.2. The molecular formula is C15H13BrClNO. The van der Waals surface area contributed by atoms with Gasteiger partial charge in [-0.1, -0.05) is 45.7 Å². The Hall–Kier alpha value is -1.32. The zero-order chi connectivity index (χ0) is 13.8. The molecule has 0 aromatic heterocycles. The highest BCUT2D eigenvalue weighted by Gasteiger charge is 2.07. The average molecular weight is 339 g/mol. The third kappa shape index (κ3) is 3.37. The summed E-state index contributed by atoms with van der Waals surface area (Å²) in [4.78, 5) is 11.7. The van der Waals surface area contributed by atoms with Crippen LogP contribution < -0.4 is 5.32 Å². The molecule has 0 unspecified atom stereocenters. The highest BCUT2D eigenvalue weighted by Crippen LogP contribution is 2.30. The molecule has 2 aromatic carbocycles. The Bertz CT molecular complexity index is 596. The molecule has 0 atom stereocenters. The lowest BCUT2D eigenvalue weighted by molar-refractivity contribution is 0.0956. The summed E-state index contributed by atoms with van der Waals surface area (Å²) >= 11 is 9.59. The molecule has 98 valence electrons. The van der Waals surface area contributed by atoms with Gasteiger partial charge in [-0.2, -0.15) is 0 Å². The van der Waals surface area contributed by atoms with Crippen molar-refractivity contribution in [3.8, 4) is 11.1 Å². The van der Waals surface area contributed by atoms with E-state index in [9.17, 15) is 4.79 Å². The normalized spacial score (nSPS) is 10.3. The van der Waals surface area contributed by atoms with Gasteiger partial charge in [-0.3, -0.25) is 4.79 Å². The lowest BCUT2D eigenvalue weighted by Crippen LogP contribution is -2.22. The molecule has 0 bridgehead atoms. The second-order valence-electron chi connectivity index (χ2n) is 4.06. The Balaban J connectivity index is 2.30. The standard InChI is InChI=1S/C15H13BrClNO/c1-2-18-15(19)11-5-3-10(4-6-11)13-8-7-12(16)9-14(13)17/h3-9H,2H2,1H3,(H,18,19). The van der Waals surface area contributed by atoms with E-state index in [0.29, 0.717) is 17.1 Å². The van der Waals surface area contributed by atoms with Crippen LogP contribution in [0, 0.1) is 0 Å². The third-order valence-electron chi connectivity index (χ3n) is 2.73. The minimum atomic E-state index is -0.0593. The number of benzene rings is 2. The van der Waals surface area contributed by atoms with E-state index < -0.39 is 0 Å². The second kappa shape index (κ2) is 6.22. The zero-order valence-electron chi connectivity index (χ0n) is 10.4. The van der Waals surface area contributed by atoms with Crippen molar-refractivity contribution in [2.75, 3.05) is 6.54 Å². The molecule has 2 rings (SSSR count). The van der Waals surface area contributed by atoms with Crippen molar-refractivity contribution in [3.05, 3.63) is 57.5 Å². The summed E-state index contributed by atoms with van der Waals surface area (Å²) in [6.07, 6.45) is 0. The van der Waals surface area contributed by atoms with Crippen molar-refractivity contribution in [3.63, 3.8) is 0 Å². The molecule has 0 aliphatic rings. The molecule has 2 aromatic rings. The van der Waals surface area contributed by atoms with Crippen LogP contribution in [0.4, 0.5) is 0 Å². The summed E-state index contributed by atoms with van der Waals surface area (Å²) in [5.74, 6) is -0.0593. The fourth-order valence-electron chi connectivity index (χ4n) is 1.79. The minimum Gasteiger partial charge on any atom is -0.352 e. The molecule has 0 radical (unpaired) electrons. The first-order valence-electron chi connectivity index (χ1n) is 5.95. The quantitative estimate of drug-likeness (QED) is 0.876. The first-order valence-corrected chi connectivity index (χ1v) is 7.12. The van der Waals surface area contributed by atoms with Crippen LogP contribution in [0.1, 0.15) is 17.3 Å². The number of carbonyl (C=O) groups is 1. The molecule has 1 N–H and O–H groups in total. The van der Waals surface area contributed by atoms with E-state index in [0.717, 1.165) is 15.6 Å². The van der Waals surface area contributed by atoms with E-state index in [2.05, 4.69) is 21.2 Å². The Kier molecular flexibility index (Phi) is 4.61. The summed E-state index contributed by atoms with van der Waals surface area (Å²) < 4.78 is 0.945. The number of carbonyl (C=O) groups excluding carboxylic acids is 1. The van der Waals surface area contributed by atoms with Gasteiger partial charge in [0, 0.05) is 27.2 Å². The molecular weight excluding hydrogens is 326 g/mol. The monoisotopic (exact) mass is 337 g/mol. The SMILES string of the molecule is CCNC(=O)c1ccc(-c2ccc(Br)cc2Cl)cc1. The summed E-state index contributed by atoms with van der Waals surface area (Å²) in [6.45, 7) is 2.52. The molecule has 0 fully saturated rings. The van der Waals surface area contributed by atoms with E-state index in [1.54, 1.807) is 12.1 Å². The van der Waals surface area contributed by atoms with E-state index in [1.807, 2.05) is 37.3 Å². The maximum Gasteiger partial charge on any atom is 0.251 e. The Morgan fingerprint density at radius 1 is 1.21 bits per heavy atom. The van der Waals surface area contributed by atoms with Gasteiger partial charge in [0.05, 0.1) is 0 Å². The van der Waals surface area contributed by atoms with Gasteiger partial charge in [0.25, 0.3) is 5.91 Å². The lowest BCUT2D eigenvalue weighted by Gasteiger charge is -2.07. The molecule has 19 heavy (non-hydrogen) atoms. The van der Waals surface area contributed by atoms with E-state index in [4.69, 9.17) is 11.6 Å². The van der Waals surface area contributed by atoms with Gasteiger partial charge in [0.15, 0.2) is 0 Å². The Morgan fingerprint density at radius 2 is 1.89 bits per heavy atom. The fraction of sp³-hybridized carbons (Fsp3) is 0.133. The Labute approximate surface area is 125 Å². The number of amides is 1. The lowest BCUT2D eigenvalue weighted by atomic mass is 10.0. The van der Waals surface area contributed by atoms with Crippen LogP contribution in [0.2, 0.25) is 5.02 Å². The predicted octanol–water partition coefficient (Wildman–Crippen LogP) is 4.52. The summed E-state index contributed by atoms with van der Waals surface area (Å²) in [7, 11) is 0. The zero-order valence-corrected chi connectivity index (χ0v) is 12.8. The third-order valence-corrected chi connectivity index (χ3v) is 3.53. The van der Waals surface area contributed by atoms with E-state index >= 15 is 0 Å². The number of nitrogens with one attached hydrogen (secondary N) is 1. The molecule has 0 aliphatic carbocycles. The molecule has 0 saturated heterocycles. The molecule has 4 heteroatoms. The maximum atomic E-state index is 11.7. The van der Waals surface area contributed by atoms with Gasteiger partial charge in [0.1, 0.15) is 0 Å². The topological polar surface area (TPSA) is 29.1 Å². The molecule has 0 aliphatic heterocycles. The minimum absolute atomic E-state index is 0.0593. The van der Waals surface area contributed by atoms with Crippen molar-refractivity contribution in [2.45, 2.75) is 6.92 Å². The first-order chi connectivity index (χ1) is 9.11. The van der Waals surface area contributed by atoms with E-state index in [-0.39, 0.29) is 5.91 Å². The smallest absolute Gasteiger partial charge is 0.251 e. The number of rotatable bonds is 3. The van der Waals surface area contributed by atoms with Crippen LogP contribution >= 0.6 is 27.5 Å². The van der Waals surface area contributed by atoms with Gasteiger partial charge >= 0.3 is 0 Å². The highest BCUT2D eigenvalue weighted by molar-refractivity contribution is 9.10. The van der Waals surface area contributed by atoms with Gasteiger partial charge in [-0.05, 0) is 36.8 Å². The molecule has 1 amide bonds. The molecule has 0 heterocycles. The van der Waals surface area contributed by atoms with Crippen LogP contribution in [0.25, 0.3) is 11.1 Å². The molecule has 2 nitrogen and oxygen atoms in total. The Morgan fingerprint density at radius 3 is 2.47 bits per heavy atom. The predicted molar refractivity (Wildman–Crippen MR) is 82.6 cm³/mol. The van der Waals surface area contributed by atoms with Crippen molar-refractivity contribution in [2.24, 2.45) is 0 Å². The largest absolute Gasteiger partial charge is 0.352 e. The van der Waals surface area contributed by atoms with Gasteiger partial charge < -0.3 is 5.32 Å². The van der Waals surface area contributed by atoms with Gasteiger partial charge in [0.2, 0.25) is 0 Å². The first kappa shape index (κ1) is 14.1. The summed E-state index contributed by atoms with van der Waals surface area (Å²) in [5.41, 5.74) is 2.59. The number of hydrogen-bond acceptors (Lipinski definition) is 1. The maximum absolute atomic E-state index is 11.7. The van der Waals surface area contributed by atoms with Crippen molar-refractivity contribution >= 4 is 33.4 Å². The van der Waals surface area contributed by atoms with Crippen LogP contribution in [0.15, 0.2) is 46.9 Å². The van der Waals surface area contributed by atoms with Crippen molar-refractivity contribution < 1.29 is 4.79 Å². The molecule has 0 spiro atoms. The molecule has 0 saturated carbocycles. The van der Waals surface area contributed by atoms with Crippen LogP contribution in [0.3, 0.4) is 0 Å². The summed E-state index contributed by atoms with van der Waals surface area (Å²) in [5, 5.41) is 3.45. The second-order valence-corrected chi connectivity index (χ2v) is 5.38. The average Bonchev–Trinajstić information content (AvgIpc) is 2.39. The highest BCUT2D eigenvalue weighted by atomic mass is 79.9. The number of hydrogen-bond donors (Lipinski definition) is 1.